The van der Waals surface area contributed by atoms with Crippen LogP contribution in [0.15, 0.2) is 30.3 Å². The van der Waals surface area contributed by atoms with E-state index in [0.29, 0.717) is 6.54 Å². The molecule has 1 amide bonds. The van der Waals surface area contributed by atoms with E-state index in [-0.39, 0.29) is 5.91 Å². The lowest BCUT2D eigenvalue weighted by Gasteiger charge is -2.05. The molecule has 0 aliphatic rings. The van der Waals surface area contributed by atoms with E-state index >= 15 is 0 Å². The summed E-state index contributed by atoms with van der Waals surface area (Å²) >= 11 is 0. The van der Waals surface area contributed by atoms with Gasteiger partial charge in [0.15, 0.2) is 0 Å². The highest BCUT2D eigenvalue weighted by Crippen LogP contribution is 2.00. The lowest BCUT2D eigenvalue weighted by atomic mass is 10.1. The molecule has 1 rings (SSSR count). The van der Waals surface area contributed by atoms with Gasteiger partial charge in [0.25, 0.3) is 0 Å². The Morgan fingerprint density at radius 3 is 2.56 bits per heavy atom. The highest BCUT2D eigenvalue weighted by Gasteiger charge is 1.92. The molecular formula is C13H20N2O. The third-order valence-corrected chi connectivity index (χ3v) is 2.34. The number of hydrogen-bond donors (Lipinski definition) is 2. The molecule has 2 N–H and O–H groups in total. The largest absolute Gasteiger partial charge is 0.355 e. The fraction of sp³-hybridized carbons (Fsp3) is 0.462. The summed E-state index contributed by atoms with van der Waals surface area (Å²) in [7, 11) is 0. The van der Waals surface area contributed by atoms with Gasteiger partial charge in [-0.3, -0.25) is 4.79 Å². The van der Waals surface area contributed by atoms with E-state index in [1.165, 1.54) is 12.5 Å². The molecule has 16 heavy (non-hydrogen) atoms. The molecule has 0 aliphatic heterocycles. The minimum atomic E-state index is 0.0334. The summed E-state index contributed by atoms with van der Waals surface area (Å²) < 4.78 is 0. The number of carbonyl (C=O) groups is 1. The van der Waals surface area contributed by atoms with Crippen LogP contribution >= 0.6 is 0 Å². The third kappa shape index (κ3) is 6.19. The second-order valence-corrected chi connectivity index (χ2v) is 3.82. The summed E-state index contributed by atoms with van der Waals surface area (Å²) in [4.78, 5) is 10.6. The summed E-state index contributed by atoms with van der Waals surface area (Å²) in [6.45, 7) is 4.08. The summed E-state index contributed by atoms with van der Waals surface area (Å²) in [6, 6.07) is 10.5. The Hall–Kier alpha value is -1.35. The highest BCUT2D eigenvalue weighted by atomic mass is 16.1. The van der Waals surface area contributed by atoms with Crippen LogP contribution in [0.1, 0.15) is 18.9 Å². The van der Waals surface area contributed by atoms with E-state index < -0.39 is 0 Å². The van der Waals surface area contributed by atoms with Crippen LogP contribution in [-0.4, -0.2) is 25.5 Å². The van der Waals surface area contributed by atoms with Gasteiger partial charge in [-0.2, -0.15) is 0 Å². The van der Waals surface area contributed by atoms with Gasteiger partial charge in [0, 0.05) is 20.0 Å². The predicted molar refractivity (Wildman–Crippen MR) is 66.3 cm³/mol. The summed E-state index contributed by atoms with van der Waals surface area (Å²) in [5, 5.41) is 6.05. The predicted octanol–water partition coefficient (Wildman–Crippen LogP) is 1.34. The first-order chi connectivity index (χ1) is 7.79. The van der Waals surface area contributed by atoms with Crippen molar-refractivity contribution < 1.29 is 4.79 Å². The van der Waals surface area contributed by atoms with Crippen molar-refractivity contribution in [1.82, 2.24) is 10.6 Å². The standard InChI is InChI=1S/C13H20N2O/c1-12(16)15-11-10-14-9-5-8-13-6-3-2-4-7-13/h2-4,6-7,14H,5,8-11H2,1H3,(H,15,16). The molecule has 0 saturated heterocycles. The first kappa shape index (κ1) is 12.7. The average molecular weight is 220 g/mol. The van der Waals surface area contributed by atoms with E-state index in [2.05, 4.69) is 34.9 Å². The molecule has 0 aromatic heterocycles. The second-order valence-electron chi connectivity index (χ2n) is 3.82. The van der Waals surface area contributed by atoms with E-state index in [4.69, 9.17) is 0 Å². The van der Waals surface area contributed by atoms with Crippen molar-refractivity contribution in [3.05, 3.63) is 35.9 Å². The molecule has 0 radical (unpaired) electrons. The first-order valence-electron chi connectivity index (χ1n) is 5.78. The molecule has 0 fully saturated rings. The summed E-state index contributed by atoms with van der Waals surface area (Å²) in [5.41, 5.74) is 1.38. The molecular weight excluding hydrogens is 200 g/mol. The van der Waals surface area contributed by atoms with Crippen molar-refractivity contribution in [2.45, 2.75) is 19.8 Å². The Kier molecular flexibility index (Phi) is 6.26. The maximum absolute atomic E-state index is 10.6. The normalized spacial score (nSPS) is 10.1. The Balaban J connectivity index is 1.94. The fourth-order valence-electron chi connectivity index (χ4n) is 1.51. The average Bonchev–Trinajstić information content (AvgIpc) is 2.29. The van der Waals surface area contributed by atoms with Gasteiger partial charge in [0.1, 0.15) is 0 Å². The zero-order valence-electron chi connectivity index (χ0n) is 9.83. The zero-order valence-corrected chi connectivity index (χ0v) is 9.83. The van der Waals surface area contributed by atoms with Crippen LogP contribution in [0.4, 0.5) is 0 Å². The van der Waals surface area contributed by atoms with Crippen molar-refractivity contribution in [3.8, 4) is 0 Å². The molecule has 1 aromatic carbocycles. The number of hydrogen-bond acceptors (Lipinski definition) is 2. The van der Waals surface area contributed by atoms with Crippen LogP contribution in [-0.2, 0) is 11.2 Å². The minimum Gasteiger partial charge on any atom is -0.355 e. The van der Waals surface area contributed by atoms with Crippen molar-refractivity contribution in [2.24, 2.45) is 0 Å². The van der Waals surface area contributed by atoms with E-state index in [0.717, 1.165) is 25.9 Å². The lowest BCUT2D eigenvalue weighted by Crippen LogP contribution is -2.30. The summed E-state index contributed by atoms with van der Waals surface area (Å²) in [5.74, 6) is 0.0334. The van der Waals surface area contributed by atoms with Crippen molar-refractivity contribution in [1.29, 1.82) is 0 Å². The molecule has 0 atom stereocenters. The molecule has 88 valence electrons. The molecule has 1 aromatic rings. The van der Waals surface area contributed by atoms with E-state index in [1.54, 1.807) is 0 Å². The second kappa shape index (κ2) is 7.88. The van der Waals surface area contributed by atoms with Crippen LogP contribution in [0.2, 0.25) is 0 Å². The van der Waals surface area contributed by atoms with Crippen LogP contribution in [0.5, 0.6) is 0 Å². The van der Waals surface area contributed by atoms with Gasteiger partial charge in [-0.1, -0.05) is 30.3 Å². The molecule has 0 aliphatic carbocycles. The molecule has 0 heterocycles. The number of carbonyl (C=O) groups excluding carboxylic acids is 1. The fourth-order valence-corrected chi connectivity index (χ4v) is 1.51. The molecule has 0 spiro atoms. The van der Waals surface area contributed by atoms with Gasteiger partial charge in [-0.15, -0.1) is 0 Å². The zero-order chi connectivity index (χ0) is 11.6. The molecule has 0 saturated carbocycles. The smallest absolute Gasteiger partial charge is 0.216 e. The van der Waals surface area contributed by atoms with Crippen molar-refractivity contribution in [2.75, 3.05) is 19.6 Å². The van der Waals surface area contributed by atoms with Crippen LogP contribution in [0.25, 0.3) is 0 Å². The molecule has 0 unspecified atom stereocenters. The van der Waals surface area contributed by atoms with E-state index in [1.807, 2.05) is 6.07 Å². The van der Waals surface area contributed by atoms with Crippen LogP contribution < -0.4 is 10.6 Å². The maximum atomic E-state index is 10.6. The van der Waals surface area contributed by atoms with Gasteiger partial charge in [0.2, 0.25) is 5.91 Å². The van der Waals surface area contributed by atoms with Crippen molar-refractivity contribution >= 4 is 5.91 Å². The Morgan fingerprint density at radius 1 is 1.12 bits per heavy atom. The van der Waals surface area contributed by atoms with Crippen molar-refractivity contribution in [3.63, 3.8) is 0 Å². The SMILES string of the molecule is CC(=O)NCCNCCCc1ccccc1. The number of benzene rings is 1. The van der Waals surface area contributed by atoms with Gasteiger partial charge in [-0.25, -0.2) is 0 Å². The number of rotatable bonds is 7. The quantitative estimate of drug-likeness (QED) is 0.681. The first-order valence-corrected chi connectivity index (χ1v) is 5.78. The topological polar surface area (TPSA) is 41.1 Å². The van der Waals surface area contributed by atoms with Gasteiger partial charge >= 0.3 is 0 Å². The number of nitrogens with one attached hydrogen (secondary N) is 2. The summed E-state index contributed by atoms with van der Waals surface area (Å²) in [6.07, 6.45) is 2.23. The van der Waals surface area contributed by atoms with Crippen LogP contribution in [0.3, 0.4) is 0 Å². The lowest BCUT2D eigenvalue weighted by molar-refractivity contribution is -0.118. The minimum absolute atomic E-state index is 0.0334. The van der Waals surface area contributed by atoms with Gasteiger partial charge in [-0.05, 0) is 24.9 Å². The molecule has 0 bridgehead atoms. The number of amides is 1. The van der Waals surface area contributed by atoms with Gasteiger partial charge in [0.05, 0.1) is 0 Å². The Labute approximate surface area is 97.2 Å². The van der Waals surface area contributed by atoms with Gasteiger partial charge < -0.3 is 10.6 Å². The van der Waals surface area contributed by atoms with Crippen LogP contribution in [0, 0.1) is 0 Å². The maximum Gasteiger partial charge on any atom is 0.216 e. The number of aryl methyl sites for hydroxylation is 1. The Morgan fingerprint density at radius 2 is 1.88 bits per heavy atom. The molecule has 3 heteroatoms. The Bertz CT molecular complexity index is 298. The third-order valence-electron chi connectivity index (χ3n) is 2.34. The molecule has 3 nitrogen and oxygen atoms in total. The van der Waals surface area contributed by atoms with E-state index in [9.17, 15) is 4.79 Å². The highest BCUT2D eigenvalue weighted by molar-refractivity contribution is 5.72. The monoisotopic (exact) mass is 220 g/mol.